The highest BCUT2D eigenvalue weighted by molar-refractivity contribution is 7.10. The summed E-state index contributed by atoms with van der Waals surface area (Å²) in [6.45, 7) is 4.23. The fourth-order valence-corrected chi connectivity index (χ4v) is 3.28. The monoisotopic (exact) mass is 286 g/mol. The number of amidine groups is 1. The molecule has 20 heavy (non-hydrogen) atoms. The van der Waals surface area contributed by atoms with Crippen LogP contribution in [0.3, 0.4) is 0 Å². The first kappa shape index (κ1) is 13.1. The van der Waals surface area contributed by atoms with Gasteiger partial charge >= 0.3 is 0 Å². The highest BCUT2D eigenvalue weighted by Crippen LogP contribution is 2.32. The minimum absolute atomic E-state index is 0.00761. The molecule has 0 radical (unpaired) electrons. The van der Waals surface area contributed by atoms with Crippen molar-refractivity contribution in [2.45, 2.75) is 19.9 Å². The van der Waals surface area contributed by atoms with E-state index in [1.54, 1.807) is 17.4 Å². The molecular formula is C16H15FN2S. The third-order valence-electron chi connectivity index (χ3n) is 3.46. The maximum absolute atomic E-state index is 13.3. The summed E-state index contributed by atoms with van der Waals surface area (Å²) in [6, 6.07) is 6.50. The molecule has 0 bridgehead atoms. The van der Waals surface area contributed by atoms with Crippen LogP contribution in [0.1, 0.15) is 27.6 Å². The van der Waals surface area contributed by atoms with Crippen LogP contribution in [0.25, 0.3) is 0 Å². The van der Waals surface area contributed by atoms with Crippen LogP contribution in [0, 0.1) is 19.7 Å². The summed E-state index contributed by atoms with van der Waals surface area (Å²) < 4.78 is 13.3. The van der Waals surface area contributed by atoms with E-state index in [-0.39, 0.29) is 11.9 Å². The number of thiophene rings is 1. The molecule has 1 aromatic carbocycles. The van der Waals surface area contributed by atoms with Gasteiger partial charge in [0.25, 0.3) is 0 Å². The van der Waals surface area contributed by atoms with Gasteiger partial charge in [0.1, 0.15) is 17.7 Å². The number of hydrogen-bond donors (Lipinski definition) is 1. The molecule has 1 aliphatic heterocycles. The van der Waals surface area contributed by atoms with Gasteiger partial charge in [0.05, 0.1) is 0 Å². The molecule has 0 amide bonds. The van der Waals surface area contributed by atoms with Gasteiger partial charge in [-0.25, -0.2) is 4.39 Å². The maximum Gasteiger partial charge on any atom is 0.133 e. The fraction of sp³-hybridized carbons (Fsp3) is 0.188. The highest BCUT2D eigenvalue weighted by Gasteiger charge is 2.17. The highest BCUT2D eigenvalue weighted by atomic mass is 32.1. The van der Waals surface area contributed by atoms with E-state index in [0.29, 0.717) is 5.84 Å². The number of aryl methyl sites for hydroxylation is 1. The Bertz CT molecular complexity index is 700. The van der Waals surface area contributed by atoms with E-state index in [2.05, 4.69) is 24.5 Å². The third-order valence-corrected chi connectivity index (χ3v) is 4.73. The van der Waals surface area contributed by atoms with Crippen LogP contribution >= 0.6 is 11.3 Å². The van der Waals surface area contributed by atoms with Crippen molar-refractivity contribution >= 4 is 17.2 Å². The molecule has 1 aliphatic rings. The van der Waals surface area contributed by atoms with Crippen LogP contribution in [0.2, 0.25) is 0 Å². The Morgan fingerprint density at radius 1 is 1.30 bits per heavy atom. The van der Waals surface area contributed by atoms with Crippen molar-refractivity contribution < 1.29 is 4.39 Å². The normalized spacial score (nSPS) is 17.8. The number of aliphatic imine (C=N–C) groups is 1. The van der Waals surface area contributed by atoms with Crippen LogP contribution in [0.15, 0.2) is 46.9 Å². The standard InChI is InChI=1S/C16H15FN2S/c1-10-9-20-15(11(10)2)14-6-7-18-16(19-14)12-4-3-5-13(17)8-12/h3-9,14H,1-2H3,(H,18,19). The molecule has 2 aromatic rings. The van der Waals surface area contributed by atoms with E-state index in [1.807, 2.05) is 18.3 Å². The summed E-state index contributed by atoms with van der Waals surface area (Å²) in [5.41, 5.74) is 3.35. The van der Waals surface area contributed by atoms with Crippen molar-refractivity contribution in [3.8, 4) is 0 Å². The van der Waals surface area contributed by atoms with Crippen LogP contribution in [-0.2, 0) is 0 Å². The molecule has 1 atom stereocenters. The minimum atomic E-state index is -0.249. The van der Waals surface area contributed by atoms with E-state index in [4.69, 9.17) is 4.99 Å². The number of benzene rings is 1. The number of nitrogens with one attached hydrogen (secondary N) is 1. The maximum atomic E-state index is 13.3. The first-order valence-corrected chi connectivity index (χ1v) is 7.34. The van der Waals surface area contributed by atoms with E-state index < -0.39 is 0 Å². The second-order valence-electron chi connectivity index (χ2n) is 4.84. The molecule has 0 spiro atoms. The Morgan fingerprint density at radius 3 is 2.85 bits per heavy atom. The molecule has 4 heteroatoms. The van der Waals surface area contributed by atoms with Crippen molar-refractivity contribution in [2.75, 3.05) is 0 Å². The third kappa shape index (κ3) is 2.39. The first-order chi connectivity index (χ1) is 9.65. The number of rotatable bonds is 2. The molecule has 2 heterocycles. The lowest BCUT2D eigenvalue weighted by atomic mass is 10.1. The summed E-state index contributed by atoms with van der Waals surface area (Å²) in [7, 11) is 0. The lowest BCUT2D eigenvalue weighted by molar-refractivity contribution is 0.627. The quantitative estimate of drug-likeness (QED) is 0.882. The van der Waals surface area contributed by atoms with E-state index >= 15 is 0 Å². The lowest BCUT2D eigenvalue weighted by Gasteiger charge is -2.17. The zero-order valence-corrected chi connectivity index (χ0v) is 12.2. The Morgan fingerprint density at radius 2 is 2.15 bits per heavy atom. The van der Waals surface area contributed by atoms with E-state index in [1.165, 1.54) is 28.1 Å². The summed E-state index contributed by atoms with van der Waals surface area (Å²) in [6.07, 6.45) is 3.91. The molecule has 102 valence electrons. The van der Waals surface area contributed by atoms with Crippen LogP contribution in [0.5, 0.6) is 0 Å². The molecule has 0 aliphatic carbocycles. The zero-order valence-electron chi connectivity index (χ0n) is 11.4. The van der Waals surface area contributed by atoms with Gasteiger partial charge in [-0.3, -0.25) is 4.99 Å². The van der Waals surface area contributed by atoms with Crippen LogP contribution < -0.4 is 5.32 Å². The molecule has 0 saturated heterocycles. The molecule has 2 nitrogen and oxygen atoms in total. The first-order valence-electron chi connectivity index (χ1n) is 6.46. The molecule has 3 rings (SSSR count). The number of halogens is 1. The second kappa shape index (κ2) is 5.21. The van der Waals surface area contributed by atoms with Gasteiger partial charge in [0.15, 0.2) is 0 Å². The van der Waals surface area contributed by atoms with Gasteiger partial charge in [-0.05, 0) is 48.6 Å². The predicted molar refractivity (Wildman–Crippen MR) is 81.7 cm³/mol. The Balaban J connectivity index is 1.97. The molecule has 1 aromatic heterocycles. The zero-order chi connectivity index (χ0) is 14.1. The van der Waals surface area contributed by atoms with Gasteiger partial charge in [-0.1, -0.05) is 12.1 Å². The van der Waals surface area contributed by atoms with Crippen LogP contribution in [0.4, 0.5) is 4.39 Å². The number of hydrogen-bond acceptors (Lipinski definition) is 3. The topological polar surface area (TPSA) is 24.4 Å². The van der Waals surface area contributed by atoms with Crippen LogP contribution in [-0.4, -0.2) is 5.84 Å². The smallest absolute Gasteiger partial charge is 0.133 e. The lowest BCUT2D eigenvalue weighted by Crippen LogP contribution is -2.23. The van der Waals surface area contributed by atoms with E-state index in [0.717, 1.165) is 5.56 Å². The van der Waals surface area contributed by atoms with Crippen molar-refractivity contribution in [1.82, 2.24) is 5.32 Å². The molecule has 1 unspecified atom stereocenters. The Kier molecular flexibility index (Phi) is 3.40. The minimum Gasteiger partial charge on any atom is -0.347 e. The number of nitrogens with zero attached hydrogens (tertiary/aromatic N) is 1. The van der Waals surface area contributed by atoms with E-state index in [9.17, 15) is 4.39 Å². The Hall–Kier alpha value is -1.94. The summed E-state index contributed by atoms with van der Waals surface area (Å²) >= 11 is 1.72. The van der Waals surface area contributed by atoms with Gasteiger partial charge in [0.2, 0.25) is 0 Å². The molecule has 0 saturated carbocycles. The Labute approximate surface area is 121 Å². The van der Waals surface area contributed by atoms with Crippen molar-refractivity contribution in [3.63, 3.8) is 0 Å². The SMILES string of the molecule is Cc1csc(C2C=CNC(c3cccc(F)c3)=N2)c1C. The predicted octanol–water partition coefficient (Wildman–Crippen LogP) is 4.11. The van der Waals surface area contributed by atoms with Crippen molar-refractivity contribution in [3.05, 3.63) is 69.3 Å². The van der Waals surface area contributed by atoms with Crippen molar-refractivity contribution in [2.24, 2.45) is 4.99 Å². The summed E-state index contributed by atoms with van der Waals surface area (Å²) in [5, 5.41) is 5.25. The summed E-state index contributed by atoms with van der Waals surface area (Å²) in [4.78, 5) is 5.94. The molecular weight excluding hydrogens is 271 g/mol. The second-order valence-corrected chi connectivity index (χ2v) is 5.76. The van der Waals surface area contributed by atoms with Gasteiger partial charge < -0.3 is 5.32 Å². The fourth-order valence-electron chi connectivity index (χ4n) is 2.19. The van der Waals surface area contributed by atoms with Crippen molar-refractivity contribution in [1.29, 1.82) is 0 Å². The van der Waals surface area contributed by atoms with Gasteiger partial charge in [-0.15, -0.1) is 11.3 Å². The average molecular weight is 286 g/mol. The van der Waals surface area contributed by atoms with Gasteiger partial charge in [-0.2, -0.15) is 0 Å². The summed E-state index contributed by atoms with van der Waals surface area (Å²) in [5.74, 6) is 0.462. The largest absolute Gasteiger partial charge is 0.347 e. The molecule has 0 fully saturated rings. The average Bonchev–Trinajstić information content (AvgIpc) is 2.79. The molecule has 1 N–H and O–H groups in total. The van der Waals surface area contributed by atoms with Gasteiger partial charge in [0, 0.05) is 16.6 Å².